The topological polar surface area (TPSA) is 59.6 Å². The SMILES string of the molecule is CO[C@](C)(CNC(=O)NC1CCOCC1)c1cccc(Cl)c1. The van der Waals surface area contributed by atoms with Crippen LogP contribution in [0, 0.1) is 0 Å². The Morgan fingerprint density at radius 1 is 1.45 bits per heavy atom. The summed E-state index contributed by atoms with van der Waals surface area (Å²) < 4.78 is 10.9. The Bertz CT molecular complexity index is 506. The molecule has 122 valence electrons. The third kappa shape index (κ3) is 4.60. The Kier molecular flexibility index (Phi) is 6.06. The molecule has 0 unspecified atom stereocenters. The lowest BCUT2D eigenvalue weighted by Crippen LogP contribution is -2.48. The maximum absolute atomic E-state index is 12.0. The lowest BCUT2D eigenvalue weighted by molar-refractivity contribution is 0.00464. The minimum Gasteiger partial charge on any atom is -0.381 e. The highest BCUT2D eigenvalue weighted by atomic mass is 35.5. The highest BCUT2D eigenvalue weighted by Gasteiger charge is 2.27. The van der Waals surface area contributed by atoms with Gasteiger partial charge in [-0.05, 0) is 37.5 Å². The van der Waals surface area contributed by atoms with Gasteiger partial charge in [-0.2, -0.15) is 0 Å². The minimum atomic E-state index is -0.627. The van der Waals surface area contributed by atoms with E-state index in [2.05, 4.69) is 10.6 Å². The molecule has 22 heavy (non-hydrogen) atoms. The van der Waals surface area contributed by atoms with Crippen molar-refractivity contribution in [3.8, 4) is 0 Å². The second-order valence-electron chi connectivity index (χ2n) is 5.66. The minimum absolute atomic E-state index is 0.175. The maximum Gasteiger partial charge on any atom is 0.315 e. The summed E-state index contributed by atoms with van der Waals surface area (Å²) >= 11 is 6.03. The number of benzene rings is 1. The highest BCUT2D eigenvalue weighted by molar-refractivity contribution is 6.30. The van der Waals surface area contributed by atoms with Gasteiger partial charge in [-0.25, -0.2) is 4.79 Å². The molecule has 5 nitrogen and oxygen atoms in total. The second-order valence-corrected chi connectivity index (χ2v) is 6.10. The molecule has 1 aliphatic rings. The average Bonchev–Trinajstić information content (AvgIpc) is 2.53. The van der Waals surface area contributed by atoms with E-state index < -0.39 is 5.60 Å². The van der Waals surface area contributed by atoms with E-state index in [0.717, 1.165) is 18.4 Å². The van der Waals surface area contributed by atoms with E-state index in [4.69, 9.17) is 21.1 Å². The van der Waals surface area contributed by atoms with Crippen molar-refractivity contribution in [3.63, 3.8) is 0 Å². The number of carbonyl (C=O) groups excluding carboxylic acids is 1. The largest absolute Gasteiger partial charge is 0.381 e. The summed E-state index contributed by atoms with van der Waals surface area (Å²) in [6.07, 6.45) is 1.70. The number of amides is 2. The number of halogens is 1. The Morgan fingerprint density at radius 2 is 2.18 bits per heavy atom. The molecule has 0 saturated carbocycles. The maximum atomic E-state index is 12.0. The van der Waals surface area contributed by atoms with E-state index in [1.807, 2.05) is 31.2 Å². The molecule has 2 amide bonds. The summed E-state index contributed by atoms with van der Waals surface area (Å²) in [6.45, 7) is 3.68. The van der Waals surface area contributed by atoms with Crippen LogP contribution >= 0.6 is 11.6 Å². The van der Waals surface area contributed by atoms with Gasteiger partial charge in [0.1, 0.15) is 5.60 Å². The zero-order valence-electron chi connectivity index (χ0n) is 13.0. The molecule has 2 N–H and O–H groups in total. The molecule has 6 heteroatoms. The zero-order chi connectivity index (χ0) is 16.0. The van der Waals surface area contributed by atoms with Gasteiger partial charge in [-0.3, -0.25) is 0 Å². The van der Waals surface area contributed by atoms with Gasteiger partial charge in [-0.15, -0.1) is 0 Å². The number of rotatable bonds is 5. The van der Waals surface area contributed by atoms with Gasteiger partial charge in [0.2, 0.25) is 0 Å². The van der Waals surface area contributed by atoms with Crippen LogP contribution in [0.5, 0.6) is 0 Å². The van der Waals surface area contributed by atoms with Crippen LogP contribution in [0.2, 0.25) is 5.02 Å². The normalized spacial score (nSPS) is 18.5. The van der Waals surface area contributed by atoms with Gasteiger partial charge in [0.05, 0.1) is 6.54 Å². The van der Waals surface area contributed by atoms with Crippen molar-refractivity contribution in [2.24, 2.45) is 0 Å². The quantitative estimate of drug-likeness (QED) is 0.874. The standard InChI is InChI=1S/C16H23ClN2O3/c1-16(21-2,12-4-3-5-13(17)10-12)11-18-15(20)19-14-6-8-22-9-7-14/h3-5,10,14H,6-9,11H2,1-2H3,(H2,18,19,20)/t16-/m1/s1. The lowest BCUT2D eigenvalue weighted by Gasteiger charge is -2.30. The number of urea groups is 1. The molecule has 1 aromatic rings. The van der Waals surface area contributed by atoms with E-state index in [9.17, 15) is 4.79 Å². The first-order valence-electron chi connectivity index (χ1n) is 7.47. The molecule has 2 rings (SSSR count). The van der Waals surface area contributed by atoms with Crippen LogP contribution in [0.1, 0.15) is 25.3 Å². The van der Waals surface area contributed by atoms with Crippen LogP contribution in [0.25, 0.3) is 0 Å². The van der Waals surface area contributed by atoms with E-state index in [1.165, 1.54) is 0 Å². The molecule has 0 radical (unpaired) electrons. The summed E-state index contributed by atoms with van der Waals surface area (Å²) in [7, 11) is 1.62. The Labute approximate surface area is 136 Å². The van der Waals surface area contributed by atoms with Crippen molar-refractivity contribution in [1.29, 1.82) is 0 Å². The summed E-state index contributed by atoms with van der Waals surface area (Å²) in [6, 6.07) is 7.46. The van der Waals surface area contributed by atoms with Crippen molar-refractivity contribution in [2.75, 3.05) is 26.9 Å². The third-order valence-electron chi connectivity index (χ3n) is 4.03. The van der Waals surface area contributed by atoms with Gasteiger partial charge in [0.15, 0.2) is 0 Å². The van der Waals surface area contributed by atoms with Crippen molar-refractivity contribution in [1.82, 2.24) is 10.6 Å². The molecule has 0 spiro atoms. The first-order valence-corrected chi connectivity index (χ1v) is 7.84. The van der Waals surface area contributed by atoms with Gasteiger partial charge in [-0.1, -0.05) is 23.7 Å². The predicted octanol–water partition coefficient (Wildman–Crippen LogP) is 2.68. The van der Waals surface area contributed by atoms with Crippen molar-refractivity contribution >= 4 is 17.6 Å². The predicted molar refractivity (Wildman–Crippen MR) is 86.2 cm³/mol. The molecule has 1 heterocycles. The number of methoxy groups -OCH3 is 1. The smallest absolute Gasteiger partial charge is 0.315 e. The molecule has 0 bridgehead atoms. The number of hydrogen-bond donors (Lipinski definition) is 2. The number of hydrogen-bond acceptors (Lipinski definition) is 3. The fraction of sp³-hybridized carbons (Fsp3) is 0.562. The van der Waals surface area contributed by atoms with Crippen LogP contribution in [0.3, 0.4) is 0 Å². The summed E-state index contributed by atoms with van der Waals surface area (Å²) in [4.78, 5) is 12.0. The van der Waals surface area contributed by atoms with Gasteiger partial charge < -0.3 is 20.1 Å². The van der Waals surface area contributed by atoms with Crippen LogP contribution in [0.15, 0.2) is 24.3 Å². The number of nitrogens with one attached hydrogen (secondary N) is 2. The van der Waals surface area contributed by atoms with Gasteiger partial charge >= 0.3 is 6.03 Å². The summed E-state index contributed by atoms with van der Waals surface area (Å²) in [5, 5.41) is 6.49. The monoisotopic (exact) mass is 326 g/mol. The molecule has 1 aromatic carbocycles. The lowest BCUT2D eigenvalue weighted by atomic mass is 9.95. The fourth-order valence-electron chi connectivity index (χ4n) is 2.44. The molecule has 1 saturated heterocycles. The Hall–Kier alpha value is -1.30. The third-order valence-corrected chi connectivity index (χ3v) is 4.26. The molecular weight excluding hydrogens is 304 g/mol. The summed E-state index contributed by atoms with van der Waals surface area (Å²) in [5.41, 5.74) is 0.298. The van der Waals surface area contributed by atoms with E-state index in [1.54, 1.807) is 7.11 Å². The van der Waals surface area contributed by atoms with Crippen molar-refractivity contribution < 1.29 is 14.3 Å². The molecular formula is C16H23ClN2O3. The number of ether oxygens (including phenoxy) is 2. The van der Waals surface area contributed by atoms with Crippen LogP contribution in [-0.2, 0) is 15.1 Å². The zero-order valence-corrected chi connectivity index (χ0v) is 13.8. The molecule has 0 aliphatic carbocycles. The first-order chi connectivity index (χ1) is 10.5. The van der Waals surface area contributed by atoms with Crippen molar-refractivity contribution in [3.05, 3.63) is 34.9 Å². The van der Waals surface area contributed by atoms with E-state index in [0.29, 0.717) is 24.8 Å². The van der Waals surface area contributed by atoms with Gasteiger partial charge in [0, 0.05) is 31.4 Å². The number of carbonyl (C=O) groups is 1. The van der Waals surface area contributed by atoms with Crippen LogP contribution in [-0.4, -0.2) is 38.9 Å². The molecule has 1 atom stereocenters. The average molecular weight is 327 g/mol. The van der Waals surface area contributed by atoms with E-state index in [-0.39, 0.29) is 12.1 Å². The Morgan fingerprint density at radius 3 is 2.82 bits per heavy atom. The fourth-order valence-corrected chi connectivity index (χ4v) is 2.63. The van der Waals surface area contributed by atoms with Crippen LogP contribution < -0.4 is 10.6 Å². The summed E-state index contributed by atoms with van der Waals surface area (Å²) in [5.74, 6) is 0. The second kappa shape index (κ2) is 7.81. The molecule has 1 aliphatic heterocycles. The first kappa shape index (κ1) is 17.1. The highest BCUT2D eigenvalue weighted by Crippen LogP contribution is 2.26. The van der Waals surface area contributed by atoms with E-state index >= 15 is 0 Å². The molecule has 0 aromatic heterocycles. The Balaban J connectivity index is 1.90. The molecule has 1 fully saturated rings. The van der Waals surface area contributed by atoms with Crippen molar-refractivity contribution in [2.45, 2.75) is 31.4 Å². The van der Waals surface area contributed by atoms with Crippen LogP contribution in [0.4, 0.5) is 4.79 Å². The van der Waals surface area contributed by atoms with Gasteiger partial charge in [0.25, 0.3) is 0 Å².